The van der Waals surface area contributed by atoms with E-state index >= 15 is 0 Å². The molecule has 0 fully saturated rings. The van der Waals surface area contributed by atoms with Crippen molar-refractivity contribution in [3.8, 4) is 18.1 Å². The molecular weight excluding hydrogens is 172 g/mol. The summed E-state index contributed by atoms with van der Waals surface area (Å²) in [5.74, 6) is 3.22. The van der Waals surface area contributed by atoms with Gasteiger partial charge in [-0.25, -0.2) is 0 Å². The second-order valence-corrected chi connectivity index (χ2v) is 2.69. The van der Waals surface area contributed by atoms with E-state index in [2.05, 4.69) is 5.92 Å². The standard InChI is InChI=1S/C10H9ClO/c1-3-8-5-9(11)7-10(6-8)12-4-2/h1,5-7H,4H2,2H3. The third kappa shape index (κ3) is 2.18. The molecule has 1 aromatic rings. The van der Waals surface area contributed by atoms with Crippen molar-refractivity contribution in [3.63, 3.8) is 0 Å². The zero-order valence-electron chi connectivity index (χ0n) is 6.80. The molecular formula is C10H9ClO. The van der Waals surface area contributed by atoms with Crippen molar-refractivity contribution >= 4 is 11.6 Å². The Morgan fingerprint density at radius 1 is 1.50 bits per heavy atom. The van der Waals surface area contributed by atoms with E-state index in [1.807, 2.05) is 6.92 Å². The van der Waals surface area contributed by atoms with Crippen LogP contribution in [0.1, 0.15) is 12.5 Å². The molecule has 1 nitrogen and oxygen atoms in total. The molecule has 0 aliphatic rings. The first-order valence-electron chi connectivity index (χ1n) is 3.66. The first-order chi connectivity index (χ1) is 5.76. The second kappa shape index (κ2) is 4.04. The fourth-order valence-corrected chi connectivity index (χ4v) is 1.12. The van der Waals surface area contributed by atoms with Crippen LogP contribution >= 0.6 is 11.6 Å². The summed E-state index contributed by atoms with van der Waals surface area (Å²) in [7, 11) is 0. The predicted molar refractivity (Wildman–Crippen MR) is 50.6 cm³/mol. The molecule has 0 bridgehead atoms. The van der Waals surface area contributed by atoms with Gasteiger partial charge in [-0.15, -0.1) is 6.42 Å². The minimum Gasteiger partial charge on any atom is -0.494 e. The molecule has 0 unspecified atom stereocenters. The summed E-state index contributed by atoms with van der Waals surface area (Å²) < 4.78 is 5.25. The lowest BCUT2D eigenvalue weighted by molar-refractivity contribution is 0.340. The van der Waals surface area contributed by atoms with Gasteiger partial charge in [0.1, 0.15) is 5.75 Å². The van der Waals surface area contributed by atoms with Crippen molar-refractivity contribution in [1.29, 1.82) is 0 Å². The molecule has 62 valence electrons. The first kappa shape index (κ1) is 8.96. The van der Waals surface area contributed by atoms with Crippen LogP contribution in [0.2, 0.25) is 5.02 Å². The Morgan fingerprint density at radius 2 is 2.25 bits per heavy atom. The van der Waals surface area contributed by atoms with E-state index < -0.39 is 0 Å². The van der Waals surface area contributed by atoms with E-state index in [1.165, 1.54) is 0 Å². The maximum absolute atomic E-state index is 5.79. The lowest BCUT2D eigenvalue weighted by atomic mass is 10.2. The smallest absolute Gasteiger partial charge is 0.122 e. The van der Waals surface area contributed by atoms with E-state index in [1.54, 1.807) is 18.2 Å². The molecule has 0 spiro atoms. The Kier molecular flexibility index (Phi) is 3.01. The summed E-state index contributed by atoms with van der Waals surface area (Å²) in [4.78, 5) is 0. The molecule has 0 aliphatic heterocycles. The number of terminal acetylenes is 1. The molecule has 0 atom stereocenters. The van der Waals surface area contributed by atoms with Gasteiger partial charge in [0.15, 0.2) is 0 Å². The third-order valence-corrected chi connectivity index (χ3v) is 1.57. The number of rotatable bonds is 2. The fraction of sp³-hybridized carbons (Fsp3) is 0.200. The predicted octanol–water partition coefficient (Wildman–Crippen LogP) is 2.72. The van der Waals surface area contributed by atoms with Crippen LogP contribution in [-0.2, 0) is 0 Å². The Morgan fingerprint density at radius 3 is 2.83 bits per heavy atom. The van der Waals surface area contributed by atoms with Gasteiger partial charge in [0, 0.05) is 10.6 Å². The fourth-order valence-electron chi connectivity index (χ4n) is 0.896. The Labute approximate surface area is 77.3 Å². The second-order valence-electron chi connectivity index (χ2n) is 2.25. The van der Waals surface area contributed by atoms with Gasteiger partial charge in [-0.1, -0.05) is 17.5 Å². The normalized spacial score (nSPS) is 9.08. The number of benzene rings is 1. The Balaban J connectivity index is 3.00. The van der Waals surface area contributed by atoms with E-state index in [0.717, 1.165) is 11.3 Å². The molecule has 0 aromatic heterocycles. The monoisotopic (exact) mass is 180 g/mol. The maximum Gasteiger partial charge on any atom is 0.122 e. The molecule has 0 amide bonds. The van der Waals surface area contributed by atoms with Crippen molar-refractivity contribution in [1.82, 2.24) is 0 Å². The van der Waals surface area contributed by atoms with Crippen molar-refractivity contribution < 1.29 is 4.74 Å². The average molecular weight is 181 g/mol. The van der Waals surface area contributed by atoms with Gasteiger partial charge >= 0.3 is 0 Å². The largest absolute Gasteiger partial charge is 0.494 e. The van der Waals surface area contributed by atoms with Gasteiger partial charge in [-0.2, -0.15) is 0 Å². The highest BCUT2D eigenvalue weighted by atomic mass is 35.5. The highest BCUT2D eigenvalue weighted by Gasteiger charge is 1.97. The quantitative estimate of drug-likeness (QED) is 0.636. The summed E-state index contributed by atoms with van der Waals surface area (Å²) in [6.45, 7) is 2.53. The van der Waals surface area contributed by atoms with Gasteiger partial charge < -0.3 is 4.74 Å². The zero-order valence-corrected chi connectivity index (χ0v) is 7.56. The van der Waals surface area contributed by atoms with Crippen molar-refractivity contribution in [2.24, 2.45) is 0 Å². The highest BCUT2D eigenvalue weighted by molar-refractivity contribution is 6.30. The highest BCUT2D eigenvalue weighted by Crippen LogP contribution is 2.20. The first-order valence-corrected chi connectivity index (χ1v) is 4.04. The SMILES string of the molecule is C#Cc1cc(Cl)cc(OCC)c1. The number of halogens is 1. The van der Waals surface area contributed by atoms with Crippen LogP contribution in [0, 0.1) is 12.3 Å². The summed E-state index contributed by atoms with van der Waals surface area (Å²) in [5.41, 5.74) is 0.742. The molecule has 0 heterocycles. The topological polar surface area (TPSA) is 9.23 Å². The van der Waals surface area contributed by atoms with Crippen LogP contribution in [0.3, 0.4) is 0 Å². The van der Waals surface area contributed by atoms with Gasteiger partial charge in [0.05, 0.1) is 6.61 Å². The van der Waals surface area contributed by atoms with Crippen LogP contribution in [0.4, 0.5) is 0 Å². The van der Waals surface area contributed by atoms with Crippen molar-refractivity contribution in [3.05, 3.63) is 28.8 Å². The van der Waals surface area contributed by atoms with Crippen LogP contribution in [-0.4, -0.2) is 6.61 Å². The van der Waals surface area contributed by atoms with Crippen LogP contribution in [0.25, 0.3) is 0 Å². The summed E-state index contributed by atoms with van der Waals surface area (Å²) >= 11 is 5.79. The Bertz CT molecular complexity index is 312. The zero-order chi connectivity index (χ0) is 8.97. The average Bonchev–Trinajstić information content (AvgIpc) is 2.04. The molecule has 1 rings (SSSR count). The number of hydrogen-bond acceptors (Lipinski definition) is 1. The van der Waals surface area contributed by atoms with Gasteiger partial charge in [-0.05, 0) is 25.1 Å². The minimum absolute atomic E-state index is 0.605. The molecule has 2 heteroatoms. The van der Waals surface area contributed by atoms with Crippen molar-refractivity contribution in [2.45, 2.75) is 6.92 Å². The van der Waals surface area contributed by atoms with E-state index in [-0.39, 0.29) is 0 Å². The lowest BCUT2D eigenvalue weighted by Crippen LogP contribution is -1.91. The summed E-state index contributed by atoms with van der Waals surface area (Å²) in [6, 6.07) is 5.26. The van der Waals surface area contributed by atoms with Gasteiger partial charge in [0.2, 0.25) is 0 Å². The molecule has 0 saturated heterocycles. The Hall–Kier alpha value is -1.13. The van der Waals surface area contributed by atoms with Gasteiger partial charge in [0.25, 0.3) is 0 Å². The van der Waals surface area contributed by atoms with E-state index in [4.69, 9.17) is 22.8 Å². The number of ether oxygens (including phenoxy) is 1. The third-order valence-electron chi connectivity index (χ3n) is 1.35. The molecule has 0 N–H and O–H groups in total. The summed E-state index contributed by atoms with van der Waals surface area (Å²) in [6.07, 6.45) is 5.22. The molecule has 0 aliphatic carbocycles. The molecule has 0 saturated carbocycles. The molecule has 12 heavy (non-hydrogen) atoms. The van der Waals surface area contributed by atoms with Crippen molar-refractivity contribution in [2.75, 3.05) is 6.61 Å². The molecule has 0 radical (unpaired) electrons. The maximum atomic E-state index is 5.79. The van der Waals surface area contributed by atoms with Crippen LogP contribution in [0.5, 0.6) is 5.75 Å². The number of hydrogen-bond donors (Lipinski definition) is 0. The lowest BCUT2D eigenvalue weighted by Gasteiger charge is -2.03. The molecule has 1 aromatic carbocycles. The van der Waals surface area contributed by atoms with E-state index in [9.17, 15) is 0 Å². The van der Waals surface area contributed by atoms with Crippen LogP contribution in [0.15, 0.2) is 18.2 Å². The minimum atomic E-state index is 0.605. The van der Waals surface area contributed by atoms with Gasteiger partial charge in [-0.3, -0.25) is 0 Å². The van der Waals surface area contributed by atoms with E-state index in [0.29, 0.717) is 11.6 Å². The van der Waals surface area contributed by atoms with Crippen LogP contribution < -0.4 is 4.74 Å². The summed E-state index contributed by atoms with van der Waals surface area (Å²) in [5, 5.41) is 0.605.